The minimum absolute atomic E-state index is 0.573. The summed E-state index contributed by atoms with van der Waals surface area (Å²) in [5, 5.41) is 0. The second kappa shape index (κ2) is 6.19. The molecule has 0 aromatic carbocycles. The van der Waals surface area contributed by atoms with E-state index in [4.69, 9.17) is 0 Å². The van der Waals surface area contributed by atoms with Crippen molar-refractivity contribution in [1.82, 2.24) is 4.72 Å². The van der Waals surface area contributed by atoms with Crippen LogP contribution in [0.3, 0.4) is 0 Å². The molecule has 0 aliphatic rings. The average molecular weight is 150 g/mol. The molecule has 0 spiro atoms. The van der Waals surface area contributed by atoms with Gasteiger partial charge in [-0.25, -0.2) is 4.72 Å². The summed E-state index contributed by atoms with van der Waals surface area (Å²) in [6, 6.07) is 0. The van der Waals surface area contributed by atoms with E-state index in [-0.39, 0.29) is 0 Å². The lowest BCUT2D eigenvalue weighted by Gasteiger charge is -2.04. The van der Waals surface area contributed by atoms with E-state index < -0.39 is 11.3 Å². The summed E-state index contributed by atoms with van der Waals surface area (Å²) in [6.45, 7) is 2.65. The standard InChI is InChI=1S/C5H13NO2S/c1-2-3-4-5-6-9(7)8/h6H,2-5H2,1H3,(H,7,8)/p-1. The zero-order valence-corrected chi connectivity index (χ0v) is 6.37. The molecule has 0 aromatic heterocycles. The molecule has 1 N–H and O–H groups in total. The van der Waals surface area contributed by atoms with Gasteiger partial charge in [-0.3, -0.25) is 4.21 Å². The average Bonchev–Trinajstić information content (AvgIpc) is 1.80. The number of nitrogens with one attached hydrogen (secondary N) is 1. The van der Waals surface area contributed by atoms with Crippen LogP contribution in [-0.4, -0.2) is 15.3 Å². The molecule has 0 aromatic rings. The Labute approximate surface area is 58.3 Å². The summed E-state index contributed by atoms with van der Waals surface area (Å²) in [6.07, 6.45) is 3.14. The van der Waals surface area contributed by atoms with Crippen molar-refractivity contribution in [1.29, 1.82) is 0 Å². The first-order valence-electron chi connectivity index (χ1n) is 3.10. The molecule has 0 heterocycles. The lowest BCUT2D eigenvalue weighted by atomic mass is 10.3. The van der Waals surface area contributed by atoms with Crippen LogP contribution in [0.15, 0.2) is 0 Å². The quantitative estimate of drug-likeness (QED) is 0.460. The normalized spacial score (nSPS) is 13.6. The molecular formula is C5H12NO2S-. The van der Waals surface area contributed by atoms with E-state index in [1.54, 1.807) is 0 Å². The Hall–Kier alpha value is 0.0700. The van der Waals surface area contributed by atoms with Gasteiger partial charge >= 0.3 is 0 Å². The van der Waals surface area contributed by atoms with Crippen LogP contribution in [0, 0.1) is 0 Å². The van der Waals surface area contributed by atoms with Crippen molar-refractivity contribution < 1.29 is 8.76 Å². The highest BCUT2D eigenvalue weighted by molar-refractivity contribution is 7.77. The second-order valence-corrected chi connectivity index (χ2v) is 2.59. The fourth-order valence-corrected chi connectivity index (χ4v) is 0.842. The number of rotatable bonds is 5. The number of hydrogen-bond donors (Lipinski definition) is 1. The minimum atomic E-state index is -2.07. The van der Waals surface area contributed by atoms with Gasteiger partial charge < -0.3 is 4.55 Å². The zero-order valence-electron chi connectivity index (χ0n) is 5.55. The fourth-order valence-electron chi connectivity index (χ4n) is 0.531. The first-order chi connectivity index (χ1) is 4.27. The molecule has 0 aliphatic heterocycles. The van der Waals surface area contributed by atoms with Crippen molar-refractivity contribution in [3.63, 3.8) is 0 Å². The summed E-state index contributed by atoms with van der Waals surface area (Å²) < 4.78 is 22.0. The van der Waals surface area contributed by atoms with Crippen LogP contribution in [0.25, 0.3) is 0 Å². The van der Waals surface area contributed by atoms with E-state index in [0.29, 0.717) is 6.54 Å². The van der Waals surface area contributed by atoms with Gasteiger partial charge in [-0.2, -0.15) is 0 Å². The molecular weight excluding hydrogens is 138 g/mol. The predicted octanol–water partition coefficient (Wildman–Crippen LogP) is 0.560. The van der Waals surface area contributed by atoms with Crippen LogP contribution in [-0.2, 0) is 11.3 Å². The van der Waals surface area contributed by atoms with E-state index in [1.807, 2.05) is 0 Å². The van der Waals surface area contributed by atoms with Crippen molar-refractivity contribution >= 4 is 11.3 Å². The van der Waals surface area contributed by atoms with Crippen molar-refractivity contribution in [2.45, 2.75) is 26.2 Å². The van der Waals surface area contributed by atoms with Gasteiger partial charge in [0.1, 0.15) is 0 Å². The van der Waals surface area contributed by atoms with Gasteiger partial charge in [0.2, 0.25) is 0 Å². The smallest absolute Gasteiger partial charge is 0.0181 e. The lowest BCUT2D eigenvalue weighted by Crippen LogP contribution is -2.17. The summed E-state index contributed by atoms with van der Waals surface area (Å²) in [5.41, 5.74) is 0. The maximum atomic E-state index is 9.85. The van der Waals surface area contributed by atoms with E-state index in [2.05, 4.69) is 11.6 Å². The molecule has 9 heavy (non-hydrogen) atoms. The Morgan fingerprint density at radius 2 is 2.22 bits per heavy atom. The molecule has 0 amide bonds. The van der Waals surface area contributed by atoms with Crippen LogP contribution in [0.5, 0.6) is 0 Å². The molecule has 0 fully saturated rings. The summed E-state index contributed by atoms with van der Waals surface area (Å²) >= 11 is -2.07. The molecule has 0 saturated carbocycles. The molecule has 56 valence electrons. The molecule has 0 radical (unpaired) electrons. The van der Waals surface area contributed by atoms with Crippen LogP contribution in [0.2, 0.25) is 0 Å². The molecule has 1 atom stereocenters. The molecule has 0 bridgehead atoms. The highest BCUT2D eigenvalue weighted by atomic mass is 32.2. The third kappa shape index (κ3) is 8.07. The van der Waals surface area contributed by atoms with E-state index in [9.17, 15) is 8.76 Å². The van der Waals surface area contributed by atoms with Crippen molar-refractivity contribution in [2.24, 2.45) is 0 Å². The number of unbranched alkanes of at least 4 members (excludes halogenated alkanes) is 2. The Kier molecular flexibility index (Phi) is 6.24. The lowest BCUT2D eigenvalue weighted by molar-refractivity contribution is 0.520. The fraction of sp³-hybridized carbons (Fsp3) is 1.00. The third-order valence-electron chi connectivity index (χ3n) is 1.00. The first-order valence-corrected chi connectivity index (χ1v) is 4.17. The van der Waals surface area contributed by atoms with Gasteiger partial charge in [0, 0.05) is 17.8 Å². The SMILES string of the molecule is CCCCCNS(=O)[O-]. The Morgan fingerprint density at radius 1 is 1.56 bits per heavy atom. The predicted molar refractivity (Wildman–Crippen MR) is 36.4 cm³/mol. The van der Waals surface area contributed by atoms with Crippen LogP contribution in [0.4, 0.5) is 0 Å². The van der Waals surface area contributed by atoms with E-state index in [0.717, 1.165) is 19.3 Å². The molecule has 4 heteroatoms. The Morgan fingerprint density at radius 3 is 2.67 bits per heavy atom. The highest BCUT2D eigenvalue weighted by Crippen LogP contribution is 1.90. The zero-order chi connectivity index (χ0) is 7.11. The summed E-state index contributed by atoms with van der Waals surface area (Å²) in [5.74, 6) is 0. The van der Waals surface area contributed by atoms with E-state index in [1.165, 1.54) is 0 Å². The summed E-state index contributed by atoms with van der Waals surface area (Å²) in [4.78, 5) is 0. The monoisotopic (exact) mass is 150 g/mol. The Balaban J connectivity index is 2.83. The van der Waals surface area contributed by atoms with Gasteiger partial charge in [0.15, 0.2) is 0 Å². The van der Waals surface area contributed by atoms with Crippen LogP contribution < -0.4 is 4.72 Å². The van der Waals surface area contributed by atoms with Crippen molar-refractivity contribution in [3.8, 4) is 0 Å². The highest BCUT2D eigenvalue weighted by Gasteiger charge is 1.83. The summed E-state index contributed by atoms with van der Waals surface area (Å²) in [7, 11) is 0. The Bertz CT molecular complexity index is 87.0. The third-order valence-corrected chi connectivity index (χ3v) is 1.44. The van der Waals surface area contributed by atoms with Gasteiger partial charge in [-0.15, -0.1) is 0 Å². The molecule has 0 aliphatic carbocycles. The first kappa shape index (κ1) is 9.07. The largest absolute Gasteiger partial charge is 0.760 e. The molecule has 1 unspecified atom stereocenters. The maximum absolute atomic E-state index is 9.85. The molecule has 0 saturated heterocycles. The van der Waals surface area contributed by atoms with Gasteiger partial charge in [-0.05, 0) is 6.42 Å². The van der Waals surface area contributed by atoms with Gasteiger partial charge in [0.05, 0.1) is 0 Å². The molecule has 0 rings (SSSR count). The van der Waals surface area contributed by atoms with Crippen LogP contribution in [0.1, 0.15) is 26.2 Å². The maximum Gasteiger partial charge on any atom is 0.0181 e. The number of hydrogen-bond acceptors (Lipinski definition) is 2. The van der Waals surface area contributed by atoms with E-state index >= 15 is 0 Å². The van der Waals surface area contributed by atoms with Crippen molar-refractivity contribution in [3.05, 3.63) is 0 Å². The topological polar surface area (TPSA) is 52.2 Å². The second-order valence-electron chi connectivity index (χ2n) is 1.84. The minimum Gasteiger partial charge on any atom is -0.760 e. The van der Waals surface area contributed by atoms with Gasteiger partial charge in [0.25, 0.3) is 0 Å². The molecule has 3 nitrogen and oxygen atoms in total. The van der Waals surface area contributed by atoms with Crippen molar-refractivity contribution in [2.75, 3.05) is 6.54 Å². The van der Waals surface area contributed by atoms with Gasteiger partial charge in [-0.1, -0.05) is 19.8 Å². The van der Waals surface area contributed by atoms with Crippen LogP contribution >= 0.6 is 0 Å².